The van der Waals surface area contributed by atoms with Crippen LogP contribution in [0, 0.1) is 0 Å². The van der Waals surface area contributed by atoms with E-state index in [2.05, 4.69) is 5.10 Å². The Morgan fingerprint density at radius 3 is 2.59 bits per heavy atom. The van der Waals surface area contributed by atoms with Crippen molar-refractivity contribution in [2.45, 2.75) is 12.5 Å². The Kier molecular flexibility index (Phi) is 3.67. The number of nitrogens with zero attached hydrogens (tertiary/aromatic N) is 2. The molecule has 0 aliphatic carbocycles. The standard InChI is InChI=1S/C13H15N3O/c14-9-12(11-5-2-1-3-6-11)10-16-13(17)7-4-8-15-16/h1-8,12H,9-10,14H2. The summed E-state index contributed by atoms with van der Waals surface area (Å²) in [4.78, 5) is 11.6. The van der Waals surface area contributed by atoms with E-state index in [-0.39, 0.29) is 11.5 Å². The topological polar surface area (TPSA) is 60.9 Å². The highest BCUT2D eigenvalue weighted by Crippen LogP contribution is 2.14. The first-order valence-corrected chi connectivity index (χ1v) is 5.58. The van der Waals surface area contributed by atoms with Crippen LogP contribution in [0.25, 0.3) is 0 Å². The largest absolute Gasteiger partial charge is 0.330 e. The molecule has 4 nitrogen and oxygen atoms in total. The molecular formula is C13H15N3O. The molecule has 0 saturated heterocycles. The molecule has 0 saturated carbocycles. The summed E-state index contributed by atoms with van der Waals surface area (Å²) in [6.45, 7) is 1.01. The van der Waals surface area contributed by atoms with Gasteiger partial charge in [0.05, 0.1) is 6.54 Å². The van der Waals surface area contributed by atoms with Crippen LogP contribution in [-0.2, 0) is 6.54 Å². The third-order valence-corrected chi connectivity index (χ3v) is 2.73. The Balaban J connectivity index is 2.22. The average molecular weight is 229 g/mol. The molecule has 1 unspecified atom stereocenters. The Morgan fingerprint density at radius 2 is 1.94 bits per heavy atom. The van der Waals surface area contributed by atoms with Crippen molar-refractivity contribution in [1.29, 1.82) is 0 Å². The highest BCUT2D eigenvalue weighted by molar-refractivity contribution is 5.19. The third-order valence-electron chi connectivity index (χ3n) is 2.73. The lowest BCUT2D eigenvalue weighted by molar-refractivity contribution is 0.498. The fraction of sp³-hybridized carbons (Fsp3) is 0.231. The van der Waals surface area contributed by atoms with Crippen LogP contribution in [0.5, 0.6) is 0 Å². The molecule has 2 N–H and O–H groups in total. The molecule has 0 aliphatic heterocycles. The van der Waals surface area contributed by atoms with E-state index in [0.29, 0.717) is 13.1 Å². The number of benzene rings is 1. The molecule has 2 aromatic rings. The molecule has 0 amide bonds. The quantitative estimate of drug-likeness (QED) is 0.850. The lowest BCUT2D eigenvalue weighted by Gasteiger charge is -2.15. The van der Waals surface area contributed by atoms with Gasteiger partial charge in [-0.1, -0.05) is 30.3 Å². The van der Waals surface area contributed by atoms with Crippen LogP contribution < -0.4 is 11.3 Å². The minimum atomic E-state index is -0.0955. The van der Waals surface area contributed by atoms with Crippen molar-refractivity contribution in [3.05, 3.63) is 64.6 Å². The van der Waals surface area contributed by atoms with Gasteiger partial charge in [0.15, 0.2) is 0 Å². The zero-order valence-electron chi connectivity index (χ0n) is 9.49. The molecule has 17 heavy (non-hydrogen) atoms. The lowest BCUT2D eigenvalue weighted by Crippen LogP contribution is -2.27. The van der Waals surface area contributed by atoms with Crippen LogP contribution in [0.1, 0.15) is 11.5 Å². The average Bonchev–Trinajstić information content (AvgIpc) is 2.39. The molecule has 4 heteroatoms. The molecule has 1 aromatic carbocycles. The minimum absolute atomic E-state index is 0.0955. The predicted molar refractivity (Wildman–Crippen MR) is 66.7 cm³/mol. The number of hydrogen-bond donors (Lipinski definition) is 1. The summed E-state index contributed by atoms with van der Waals surface area (Å²) in [5.74, 6) is 0.115. The predicted octanol–water partition coefficient (Wildman–Crippen LogP) is 0.986. The first-order valence-electron chi connectivity index (χ1n) is 5.58. The summed E-state index contributed by atoms with van der Waals surface area (Å²) in [5, 5.41) is 4.04. The molecule has 0 spiro atoms. The fourth-order valence-corrected chi connectivity index (χ4v) is 1.77. The Morgan fingerprint density at radius 1 is 1.18 bits per heavy atom. The fourth-order valence-electron chi connectivity index (χ4n) is 1.77. The van der Waals surface area contributed by atoms with Gasteiger partial charge in [-0.25, -0.2) is 4.68 Å². The maximum atomic E-state index is 11.6. The summed E-state index contributed by atoms with van der Waals surface area (Å²) >= 11 is 0. The van der Waals surface area contributed by atoms with E-state index < -0.39 is 0 Å². The van der Waals surface area contributed by atoms with Crippen LogP contribution in [0.15, 0.2) is 53.5 Å². The highest BCUT2D eigenvalue weighted by Gasteiger charge is 2.11. The molecule has 0 radical (unpaired) electrons. The smallest absolute Gasteiger partial charge is 0.266 e. The van der Waals surface area contributed by atoms with Gasteiger partial charge >= 0.3 is 0 Å². The van der Waals surface area contributed by atoms with Crippen LogP contribution in [-0.4, -0.2) is 16.3 Å². The van der Waals surface area contributed by atoms with Gasteiger partial charge in [-0.05, 0) is 11.6 Å². The van der Waals surface area contributed by atoms with Gasteiger partial charge in [0.1, 0.15) is 0 Å². The molecule has 1 aromatic heterocycles. The monoisotopic (exact) mass is 229 g/mol. The second-order valence-electron chi connectivity index (χ2n) is 3.89. The molecule has 0 fully saturated rings. The van der Waals surface area contributed by atoms with E-state index in [1.807, 2.05) is 30.3 Å². The normalized spacial score (nSPS) is 12.3. The molecule has 88 valence electrons. The van der Waals surface area contributed by atoms with Crippen LogP contribution in [0.4, 0.5) is 0 Å². The molecule has 1 heterocycles. The molecule has 0 aliphatic rings. The summed E-state index contributed by atoms with van der Waals surface area (Å²) in [7, 11) is 0. The summed E-state index contributed by atoms with van der Waals surface area (Å²) < 4.78 is 1.45. The highest BCUT2D eigenvalue weighted by atomic mass is 16.1. The first kappa shape index (κ1) is 11.5. The van der Waals surface area contributed by atoms with Crippen molar-refractivity contribution < 1.29 is 0 Å². The SMILES string of the molecule is NCC(Cn1ncccc1=O)c1ccccc1. The van der Waals surface area contributed by atoms with E-state index in [4.69, 9.17) is 5.73 Å². The Labute approximate surface area is 99.7 Å². The Hall–Kier alpha value is -1.94. The Bertz CT molecular complexity index is 521. The van der Waals surface area contributed by atoms with Crippen LogP contribution >= 0.6 is 0 Å². The van der Waals surface area contributed by atoms with E-state index in [1.54, 1.807) is 12.3 Å². The van der Waals surface area contributed by atoms with Crippen molar-refractivity contribution >= 4 is 0 Å². The number of aromatic nitrogens is 2. The molecule has 1 atom stereocenters. The zero-order chi connectivity index (χ0) is 12.1. The third kappa shape index (κ3) is 2.79. The van der Waals surface area contributed by atoms with E-state index in [9.17, 15) is 4.79 Å². The summed E-state index contributed by atoms with van der Waals surface area (Å²) in [6.07, 6.45) is 1.61. The lowest BCUT2D eigenvalue weighted by atomic mass is 9.99. The number of rotatable bonds is 4. The van der Waals surface area contributed by atoms with Gasteiger partial charge in [0.25, 0.3) is 5.56 Å². The van der Waals surface area contributed by atoms with Crippen molar-refractivity contribution in [1.82, 2.24) is 9.78 Å². The first-order chi connectivity index (χ1) is 8.31. The van der Waals surface area contributed by atoms with Gasteiger partial charge in [0, 0.05) is 24.7 Å². The van der Waals surface area contributed by atoms with Gasteiger partial charge in [-0.3, -0.25) is 4.79 Å². The van der Waals surface area contributed by atoms with Crippen LogP contribution in [0.2, 0.25) is 0 Å². The van der Waals surface area contributed by atoms with Gasteiger partial charge in [-0.2, -0.15) is 5.10 Å². The second-order valence-corrected chi connectivity index (χ2v) is 3.89. The molecular weight excluding hydrogens is 214 g/mol. The molecule has 0 bridgehead atoms. The van der Waals surface area contributed by atoms with Crippen LogP contribution in [0.3, 0.4) is 0 Å². The maximum absolute atomic E-state index is 11.6. The van der Waals surface area contributed by atoms with Crippen molar-refractivity contribution in [3.8, 4) is 0 Å². The van der Waals surface area contributed by atoms with E-state index in [1.165, 1.54) is 10.7 Å². The van der Waals surface area contributed by atoms with Gasteiger partial charge in [-0.15, -0.1) is 0 Å². The summed E-state index contributed by atoms with van der Waals surface area (Å²) in [6, 6.07) is 13.1. The molecule has 2 rings (SSSR count). The zero-order valence-corrected chi connectivity index (χ0v) is 9.49. The maximum Gasteiger partial charge on any atom is 0.266 e. The second kappa shape index (κ2) is 5.41. The minimum Gasteiger partial charge on any atom is -0.330 e. The summed E-state index contributed by atoms with van der Waals surface area (Å²) in [5.41, 5.74) is 6.80. The van der Waals surface area contributed by atoms with Crippen molar-refractivity contribution in [3.63, 3.8) is 0 Å². The van der Waals surface area contributed by atoms with Gasteiger partial charge < -0.3 is 5.73 Å². The number of hydrogen-bond acceptors (Lipinski definition) is 3. The van der Waals surface area contributed by atoms with Crippen molar-refractivity contribution in [2.24, 2.45) is 5.73 Å². The van der Waals surface area contributed by atoms with Crippen molar-refractivity contribution in [2.75, 3.05) is 6.54 Å². The number of nitrogens with two attached hydrogens (primary N) is 1. The van der Waals surface area contributed by atoms with E-state index in [0.717, 1.165) is 5.56 Å². The van der Waals surface area contributed by atoms with E-state index >= 15 is 0 Å². The van der Waals surface area contributed by atoms with Gasteiger partial charge in [0.2, 0.25) is 0 Å².